The molecule has 0 spiro atoms. The number of methoxy groups -OCH3 is 1. The number of nitrogens with two attached hydrogens (primary N) is 1. The van der Waals surface area contributed by atoms with Gasteiger partial charge in [-0.3, -0.25) is 11.3 Å². The molecule has 2 rings (SSSR count). The van der Waals surface area contributed by atoms with E-state index in [1.807, 2.05) is 7.11 Å². The van der Waals surface area contributed by atoms with E-state index in [0.29, 0.717) is 0 Å². The Labute approximate surface area is 101 Å². The van der Waals surface area contributed by atoms with Gasteiger partial charge in [0.1, 0.15) is 0 Å². The third kappa shape index (κ3) is 2.30. The number of rotatable bonds is 5. The van der Waals surface area contributed by atoms with Crippen molar-refractivity contribution in [1.29, 1.82) is 0 Å². The Morgan fingerprint density at radius 2 is 2.31 bits per heavy atom. The van der Waals surface area contributed by atoms with E-state index in [-0.39, 0.29) is 11.6 Å². The average Bonchev–Trinajstić information content (AvgIpc) is 2.97. The van der Waals surface area contributed by atoms with E-state index in [2.05, 4.69) is 22.3 Å². The van der Waals surface area contributed by atoms with Crippen LogP contribution in [0, 0.1) is 0 Å². The normalized spacial score (nSPS) is 21.1. The summed E-state index contributed by atoms with van der Waals surface area (Å²) < 4.78 is 5.76. The lowest BCUT2D eigenvalue weighted by Crippen LogP contribution is -2.54. The Morgan fingerprint density at radius 1 is 1.56 bits per heavy atom. The smallest absolute Gasteiger partial charge is 0.0847 e. The minimum Gasteiger partial charge on any atom is -0.377 e. The predicted molar refractivity (Wildman–Crippen MR) is 67.3 cm³/mol. The van der Waals surface area contributed by atoms with Gasteiger partial charge < -0.3 is 4.74 Å². The molecule has 0 saturated heterocycles. The molecular formula is C12H20N2OS. The van der Waals surface area contributed by atoms with Gasteiger partial charge in [0.2, 0.25) is 0 Å². The first-order valence-corrected chi connectivity index (χ1v) is 6.77. The summed E-state index contributed by atoms with van der Waals surface area (Å²) in [6.45, 7) is 0. The molecule has 1 aliphatic rings. The minimum absolute atomic E-state index is 0.0588. The van der Waals surface area contributed by atoms with E-state index >= 15 is 0 Å². The number of hydrazine groups is 1. The summed E-state index contributed by atoms with van der Waals surface area (Å²) in [4.78, 5) is 0. The molecule has 1 aromatic heterocycles. The summed E-state index contributed by atoms with van der Waals surface area (Å²) in [5.74, 6) is 5.70. The van der Waals surface area contributed by atoms with E-state index in [9.17, 15) is 0 Å². The van der Waals surface area contributed by atoms with Gasteiger partial charge in [-0.2, -0.15) is 11.3 Å². The highest BCUT2D eigenvalue weighted by molar-refractivity contribution is 7.07. The molecule has 1 fully saturated rings. The lowest BCUT2D eigenvalue weighted by molar-refractivity contribution is -0.0355. The van der Waals surface area contributed by atoms with Crippen LogP contribution in [0.5, 0.6) is 0 Å². The number of ether oxygens (including phenoxy) is 1. The van der Waals surface area contributed by atoms with E-state index in [0.717, 1.165) is 19.3 Å². The standard InChI is InChI=1S/C12H20N2OS/c1-15-12(5-2-3-6-12)11(14-13)8-10-4-7-16-9-10/h4,7,9,11,14H,2-3,5-6,8,13H2,1H3. The van der Waals surface area contributed by atoms with Gasteiger partial charge in [0.15, 0.2) is 0 Å². The Hall–Kier alpha value is -0.420. The van der Waals surface area contributed by atoms with Crippen LogP contribution in [0.3, 0.4) is 0 Å². The molecule has 1 heterocycles. The quantitative estimate of drug-likeness (QED) is 0.612. The summed E-state index contributed by atoms with van der Waals surface area (Å²) in [5, 5.41) is 4.29. The van der Waals surface area contributed by atoms with Crippen LogP contribution in [0.1, 0.15) is 31.2 Å². The average molecular weight is 240 g/mol. The van der Waals surface area contributed by atoms with E-state index in [4.69, 9.17) is 10.6 Å². The van der Waals surface area contributed by atoms with Gasteiger partial charge >= 0.3 is 0 Å². The van der Waals surface area contributed by atoms with Crippen LogP contribution in [0.15, 0.2) is 16.8 Å². The summed E-state index contributed by atoms with van der Waals surface area (Å²) >= 11 is 1.73. The fourth-order valence-electron chi connectivity index (χ4n) is 2.71. The van der Waals surface area contributed by atoms with Crippen molar-refractivity contribution in [3.8, 4) is 0 Å². The summed E-state index contributed by atoms with van der Waals surface area (Å²) in [7, 11) is 1.81. The van der Waals surface area contributed by atoms with Gasteiger partial charge in [0.05, 0.1) is 11.6 Å². The molecule has 3 N–H and O–H groups in total. The molecule has 1 aliphatic carbocycles. The highest BCUT2D eigenvalue weighted by atomic mass is 32.1. The first kappa shape index (κ1) is 12.0. The zero-order valence-corrected chi connectivity index (χ0v) is 10.6. The topological polar surface area (TPSA) is 47.3 Å². The molecule has 0 bridgehead atoms. The molecule has 1 saturated carbocycles. The van der Waals surface area contributed by atoms with Gasteiger partial charge in [-0.25, -0.2) is 0 Å². The van der Waals surface area contributed by atoms with Crippen LogP contribution < -0.4 is 11.3 Å². The Balaban J connectivity index is 2.08. The molecule has 0 amide bonds. The van der Waals surface area contributed by atoms with Gasteiger partial charge in [-0.15, -0.1) is 0 Å². The number of nitrogens with one attached hydrogen (secondary N) is 1. The van der Waals surface area contributed by atoms with Crippen LogP contribution in [0.2, 0.25) is 0 Å². The van der Waals surface area contributed by atoms with Crippen LogP contribution >= 0.6 is 11.3 Å². The highest BCUT2D eigenvalue weighted by Gasteiger charge is 2.41. The zero-order chi connectivity index (χ0) is 11.4. The lowest BCUT2D eigenvalue weighted by atomic mass is 9.88. The van der Waals surface area contributed by atoms with Crippen molar-refractivity contribution in [3.63, 3.8) is 0 Å². The second-order valence-electron chi connectivity index (χ2n) is 4.53. The number of thiophene rings is 1. The third-order valence-electron chi connectivity index (χ3n) is 3.71. The van der Waals surface area contributed by atoms with Crippen molar-refractivity contribution >= 4 is 11.3 Å². The van der Waals surface area contributed by atoms with E-state index < -0.39 is 0 Å². The molecule has 0 radical (unpaired) electrons. The van der Waals surface area contributed by atoms with Crippen LogP contribution in [-0.4, -0.2) is 18.8 Å². The van der Waals surface area contributed by atoms with Crippen LogP contribution in [-0.2, 0) is 11.2 Å². The van der Waals surface area contributed by atoms with Gasteiger partial charge in [-0.1, -0.05) is 12.8 Å². The van der Waals surface area contributed by atoms with Gasteiger partial charge in [0.25, 0.3) is 0 Å². The van der Waals surface area contributed by atoms with Crippen molar-refractivity contribution in [3.05, 3.63) is 22.4 Å². The van der Waals surface area contributed by atoms with Gasteiger partial charge in [-0.05, 0) is 41.7 Å². The maximum absolute atomic E-state index is 5.76. The van der Waals surface area contributed by atoms with Crippen molar-refractivity contribution in [2.75, 3.05) is 7.11 Å². The highest BCUT2D eigenvalue weighted by Crippen LogP contribution is 2.36. The second-order valence-corrected chi connectivity index (χ2v) is 5.31. The molecule has 1 aromatic rings. The van der Waals surface area contributed by atoms with Crippen LogP contribution in [0.4, 0.5) is 0 Å². The predicted octanol–water partition coefficient (Wildman–Crippen LogP) is 2.08. The molecule has 0 aromatic carbocycles. The monoisotopic (exact) mass is 240 g/mol. The molecule has 1 unspecified atom stereocenters. The largest absolute Gasteiger partial charge is 0.377 e. The third-order valence-corrected chi connectivity index (χ3v) is 4.44. The van der Waals surface area contributed by atoms with Gasteiger partial charge in [0, 0.05) is 7.11 Å². The Morgan fingerprint density at radius 3 is 2.81 bits per heavy atom. The molecular weight excluding hydrogens is 220 g/mol. The molecule has 4 heteroatoms. The molecule has 3 nitrogen and oxygen atoms in total. The van der Waals surface area contributed by atoms with E-state index in [1.165, 1.54) is 18.4 Å². The maximum Gasteiger partial charge on any atom is 0.0847 e. The Kier molecular flexibility index (Phi) is 3.97. The van der Waals surface area contributed by atoms with Crippen LogP contribution in [0.25, 0.3) is 0 Å². The van der Waals surface area contributed by atoms with Crippen molar-refractivity contribution in [2.45, 2.75) is 43.7 Å². The minimum atomic E-state index is -0.0588. The Bertz CT molecular complexity index is 307. The fraction of sp³-hybridized carbons (Fsp3) is 0.667. The molecule has 1 atom stereocenters. The second kappa shape index (κ2) is 5.27. The first-order valence-electron chi connectivity index (χ1n) is 5.83. The molecule has 16 heavy (non-hydrogen) atoms. The number of hydrogen-bond donors (Lipinski definition) is 2. The van der Waals surface area contributed by atoms with E-state index in [1.54, 1.807) is 11.3 Å². The molecule has 0 aliphatic heterocycles. The van der Waals surface area contributed by atoms with Crippen molar-refractivity contribution < 1.29 is 4.74 Å². The van der Waals surface area contributed by atoms with Crippen molar-refractivity contribution in [2.24, 2.45) is 5.84 Å². The maximum atomic E-state index is 5.76. The van der Waals surface area contributed by atoms with Crippen molar-refractivity contribution in [1.82, 2.24) is 5.43 Å². The summed E-state index contributed by atoms with van der Waals surface area (Å²) in [6, 6.07) is 2.38. The fourth-order valence-corrected chi connectivity index (χ4v) is 3.39. The SMILES string of the molecule is COC1(C(Cc2ccsc2)NN)CCCC1. The first-order chi connectivity index (χ1) is 7.80. The lowest BCUT2D eigenvalue weighted by Gasteiger charge is -2.35. The summed E-state index contributed by atoms with van der Waals surface area (Å²) in [5.41, 5.74) is 4.24. The molecule has 90 valence electrons. The summed E-state index contributed by atoms with van der Waals surface area (Å²) in [6.07, 6.45) is 5.67. The number of hydrogen-bond acceptors (Lipinski definition) is 4. The zero-order valence-electron chi connectivity index (χ0n) is 9.74.